The third-order valence-electron chi connectivity index (χ3n) is 6.16. The van der Waals surface area contributed by atoms with Gasteiger partial charge in [0.05, 0.1) is 11.8 Å². The maximum atomic E-state index is 12.8. The van der Waals surface area contributed by atoms with Gasteiger partial charge in [0.2, 0.25) is 11.8 Å². The molecule has 4 rings (SSSR count). The lowest BCUT2D eigenvalue weighted by molar-refractivity contribution is -0.135. The van der Waals surface area contributed by atoms with E-state index in [0.29, 0.717) is 25.6 Å². The highest BCUT2D eigenvalue weighted by molar-refractivity contribution is 6.30. The van der Waals surface area contributed by atoms with E-state index in [1.165, 1.54) is 19.3 Å². The van der Waals surface area contributed by atoms with Gasteiger partial charge in [0.1, 0.15) is 0 Å². The molecule has 146 valence electrons. The van der Waals surface area contributed by atoms with Gasteiger partial charge in [-0.3, -0.25) is 9.59 Å². The van der Waals surface area contributed by atoms with Crippen LogP contribution in [0.15, 0.2) is 24.3 Å². The van der Waals surface area contributed by atoms with E-state index in [-0.39, 0.29) is 23.7 Å². The van der Waals surface area contributed by atoms with Gasteiger partial charge in [-0.2, -0.15) is 0 Å². The molecular formula is C21H28ClN3O2. The van der Waals surface area contributed by atoms with Crippen LogP contribution in [0.25, 0.3) is 0 Å². The largest absolute Gasteiger partial charge is 0.368 e. The van der Waals surface area contributed by atoms with Crippen LogP contribution in [0, 0.1) is 11.8 Å². The standard InChI is InChI=1S/C21H28ClN3O2/c22-15-5-4-8-17(13-15)24-9-11-25(12-10-24)21(27)19-14-18(19)20(26)23-16-6-2-1-3-7-16/h4-5,8,13,16,18-19H,1-3,6-7,9-12,14H2,(H,23,26). The molecule has 1 aromatic carbocycles. The van der Waals surface area contributed by atoms with Crippen LogP contribution in [0.5, 0.6) is 0 Å². The maximum absolute atomic E-state index is 12.8. The van der Waals surface area contributed by atoms with Crippen molar-refractivity contribution in [2.24, 2.45) is 11.8 Å². The first-order chi connectivity index (χ1) is 13.1. The fraction of sp³-hybridized carbons (Fsp3) is 0.619. The van der Waals surface area contributed by atoms with Crippen molar-refractivity contribution >= 4 is 29.1 Å². The summed E-state index contributed by atoms with van der Waals surface area (Å²) >= 11 is 6.08. The second-order valence-corrected chi connectivity index (χ2v) is 8.52. The summed E-state index contributed by atoms with van der Waals surface area (Å²) in [6.07, 6.45) is 6.57. The minimum atomic E-state index is -0.106. The Morgan fingerprint density at radius 3 is 2.44 bits per heavy atom. The SMILES string of the molecule is O=C(NC1CCCCC1)C1CC1C(=O)N1CCN(c2cccc(Cl)c2)CC1. The molecule has 1 N–H and O–H groups in total. The second kappa shape index (κ2) is 8.09. The third kappa shape index (κ3) is 4.40. The summed E-state index contributed by atoms with van der Waals surface area (Å²) < 4.78 is 0. The Labute approximate surface area is 166 Å². The van der Waals surface area contributed by atoms with Crippen LogP contribution < -0.4 is 10.2 Å². The zero-order chi connectivity index (χ0) is 18.8. The average molecular weight is 390 g/mol. The molecule has 2 amide bonds. The number of hydrogen-bond acceptors (Lipinski definition) is 3. The van der Waals surface area contributed by atoms with Crippen LogP contribution in [-0.4, -0.2) is 48.9 Å². The molecule has 1 aromatic rings. The summed E-state index contributed by atoms with van der Waals surface area (Å²) in [6, 6.07) is 8.16. The lowest BCUT2D eigenvalue weighted by Gasteiger charge is -2.36. The number of carbonyl (C=O) groups excluding carboxylic acids is 2. The van der Waals surface area contributed by atoms with E-state index in [1.54, 1.807) is 0 Å². The number of benzene rings is 1. The normalized spacial score (nSPS) is 26.0. The molecular weight excluding hydrogens is 362 g/mol. The van der Waals surface area contributed by atoms with Gasteiger partial charge in [-0.1, -0.05) is 36.9 Å². The minimum absolute atomic E-state index is 0.0952. The zero-order valence-electron chi connectivity index (χ0n) is 15.7. The third-order valence-corrected chi connectivity index (χ3v) is 6.40. The van der Waals surface area contributed by atoms with E-state index in [9.17, 15) is 9.59 Å². The first-order valence-electron chi connectivity index (χ1n) is 10.2. The Bertz CT molecular complexity index is 696. The van der Waals surface area contributed by atoms with Crippen LogP contribution in [0.4, 0.5) is 5.69 Å². The van der Waals surface area contributed by atoms with E-state index >= 15 is 0 Å². The van der Waals surface area contributed by atoms with Crippen LogP contribution in [0.1, 0.15) is 38.5 Å². The number of amides is 2. The van der Waals surface area contributed by atoms with Gasteiger partial charge >= 0.3 is 0 Å². The number of carbonyl (C=O) groups is 2. The number of piperazine rings is 1. The minimum Gasteiger partial charge on any atom is -0.368 e. The smallest absolute Gasteiger partial charge is 0.226 e. The summed E-state index contributed by atoms with van der Waals surface area (Å²) in [7, 11) is 0. The van der Waals surface area contributed by atoms with E-state index in [0.717, 1.165) is 36.6 Å². The van der Waals surface area contributed by atoms with Gasteiger partial charge < -0.3 is 15.1 Å². The first kappa shape index (κ1) is 18.6. The predicted molar refractivity (Wildman–Crippen MR) is 107 cm³/mol. The second-order valence-electron chi connectivity index (χ2n) is 8.08. The molecule has 0 spiro atoms. The zero-order valence-corrected chi connectivity index (χ0v) is 16.5. The average Bonchev–Trinajstić information content (AvgIpc) is 3.49. The number of hydrogen-bond donors (Lipinski definition) is 1. The number of nitrogens with zero attached hydrogens (tertiary/aromatic N) is 2. The molecule has 2 aliphatic carbocycles. The number of anilines is 1. The van der Waals surface area contributed by atoms with E-state index in [1.807, 2.05) is 23.1 Å². The topological polar surface area (TPSA) is 52.7 Å². The van der Waals surface area contributed by atoms with E-state index in [4.69, 9.17) is 11.6 Å². The highest BCUT2D eigenvalue weighted by Gasteiger charge is 2.50. The van der Waals surface area contributed by atoms with E-state index < -0.39 is 0 Å². The molecule has 2 saturated carbocycles. The molecule has 1 heterocycles. The Balaban J connectivity index is 1.25. The van der Waals surface area contributed by atoms with Gasteiger partial charge in [-0.05, 0) is 37.5 Å². The quantitative estimate of drug-likeness (QED) is 0.861. The summed E-state index contributed by atoms with van der Waals surface area (Å²) in [5.74, 6) is 0.0408. The highest BCUT2D eigenvalue weighted by Crippen LogP contribution is 2.40. The summed E-state index contributed by atoms with van der Waals surface area (Å²) in [5, 5.41) is 3.90. The predicted octanol–water partition coefficient (Wildman–Crippen LogP) is 3.07. The molecule has 1 aliphatic heterocycles. The number of rotatable bonds is 4. The van der Waals surface area contributed by atoms with Crippen LogP contribution in [0.3, 0.4) is 0 Å². The number of halogens is 1. The molecule has 6 heteroatoms. The summed E-state index contributed by atoms with van der Waals surface area (Å²) in [6.45, 7) is 3.02. The van der Waals surface area contributed by atoms with Crippen molar-refractivity contribution in [2.45, 2.75) is 44.6 Å². The fourth-order valence-electron chi connectivity index (χ4n) is 4.41. The number of nitrogens with one attached hydrogen (secondary N) is 1. The molecule has 27 heavy (non-hydrogen) atoms. The van der Waals surface area contributed by atoms with Crippen LogP contribution in [0.2, 0.25) is 5.02 Å². The lowest BCUT2D eigenvalue weighted by atomic mass is 9.95. The molecule has 0 radical (unpaired) electrons. The molecule has 0 bridgehead atoms. The molecule has 5 nitrogen and oxygen atoms in total. The van der Waals surface area contributed by atoms with Crippen molar-refractivity contribution in [3.63, 3.8) is 0 Å². The van der Waals surface area contributed by atoms with Crippen molar-refractivity contribution in [1.82, 2.24) is 10.2 Å². The van der Waals surface area contributed by atoms with Gasteiger partial charge in [0, 0.05) is 42.9 Å². The van der Waals surface area contributed by atoms with Gasteiger partial charge in [0.15, 0.2) is 0 Å². The van der Waals surface area contributed by atoms with Crippen LogP contribution >= 0.6 is 11.6 Å². The Morgan fingerprint density at radius 2 is 1.74 bits per heavy atom. The fourth-order valence-corrected chi connectivity index (χ4v) is 4.59. The van der Waals surface area contributed by atoms with Crippen molar-refractivity contribution in [1.29, 1.82) is 0 Å². The Kier molecular flexibility index (Phi) is 5.58. The summed E-state index contributed by atoms with van der Waals surface area (Å²) in [4.78, 5) is 29.4. The van der Waals surface area contributed by atoms with Crippen molar-refractivity contribution < 1.29 is 9.59 Å². The van der Waals surface area contributed by atoms with Crippen molar-refractivity contribution in [2.75, 3.05) is 31.1 Å². The van der Waals surface area contributed by atoms with Gasteiger partial charge in [0.25, 0.3) is 0 Å². The monoisotopic (exact) mass is 389 g/mol. The summed E-state index contributed by atoms with van der Waals surface area (Å²) in [5.41, 5.74) is 1.10. The molecule has 2 unspecified atom stereocenters. The molecule has 1 saturated heterocycles. The molecule has 3 aliphatic rings. The van der Waals surface area contributed by atoms with E-state index in [2.05, 4.69) is 16.3 Å². The molecule has 2 atom stereocenters. The Morgan fingerprint density at radius 1 is 1.00 bits per heavy atom. The first-order valence-corrected chi connectivity index (χ1v) is 10.6. The molecule has 3 fully saturated rings. The Hall–Kier alpha value is -1.75. The van der Waals surface area contributed by atoms with Gasteiger partial charge in [-0.25, -0.2) is 0 Å². The maximum Gasteiger partial charge on any atom is 0.226 e. The highest BCUT2D eigenvalue weighted by atomic mass is 35.5. The van der Waals surface area contributed by atoms with Crippen molar-refractivity contribution in [3.05, 3.63) is 29.3 Å². The lowest BCUT2D eigenvalue weighted by Crippen LogP contribution is -2.49. The molecule has 0 aromatic heterocycles. The van der Waals surface area contributed by atoms with Gasteiger partial charge in [-0.15, -0.1) is 0 Å². The van der Waals surface area contributed by atoms with Crippen LogP contribution in [-0.2, 0) is 9.59 Å². The van der Waals surface area contributed by atoms with Crippen molar-refractivity contribution in [3.8, 4) is 0 Å².